The fourth-order valence-corrected chi connectivity index (χ4v) is 3.40. The summed E-state index contributed by atoms with van der Waals surface area (Å²) in [5.41, 5.74) is 0.149. The molecule has 0 aliphatic rings. The number of hydrogen-bond acceptors (Lipinski definition) is 7. The van der Waals surface area contributed by atoms with Gasteiger partial charge in [-0.25, -0.2) is 9.18 Å². The van der Waals surface area contributed by atoms with Crippen LogP contribution in [-0.4, -0.2) is 59.4 Å². The second-order valence-electron chi connectivity index (χ2n) is 8.32. The number of carbonyl (C=O) groups excluding carboxylic acids is 1. The Balaban J connectivity index is 0.000000673. The molecule has 0 fully saturated rings. The van der Waals surface area contributed by atoms with Crippen molar-refractivity contribution in [3.05, 3.63) is 59.2 Å². The minimum atomic E-state index is -5.08. The molecule has 9 nitrogen and oxygen atoms in total. The number of ketones is 1. The van der Waals surface area contributed by atoms with Crippen LogP contribution in [0.2, 0.25) is 0 Å². The molecule has 0 amide bonds. The van der Waals surface area contributed by atoms with E-state index in [4.69, 9.17) is 24.1 Å². The van der Waals surface area contributed by atoms with E-state index in [0.717, 1.165) is 6.07 Å². The van der Waals surface area contributed by atoms with Gasteiger partial charge in [0.2, 0.25) is 5.78 Å². The molecule has 0 spiro atoms. The maximum absolute atomic E-state index is 14.6. The predicted octanol–water partition coefficient (Wildman–Crippen LogP) is 5.23. The number of pyridine rings is 1. The van der Waals surface area contributed by atoms with Crippen LogP contribution in [0, 0.1) is 5.82 Å². The lowest BCUT2D eigenvalue weighted by Gasteiger charge is -2.16. The van der Waals surface area contributed by atoms with Crippen LogP contribution in [0.15, 0.2) is 36.5 Å². The van der Waals surface area contributed by atoms with Crippen LogP contribution in [0.5, 0.6) is 17.2 Å². The summed E-state index contributed by atoms with van der Waals surface area (Å²) >= 11 is 0. The van der Waals surface area contributed by atoms with Crippen LogP contribution < -0.4 is 14.2 Å². The van der Waals surface area contributed by atoms with E-state index in [-0.39, 0.29) is 17.4 Å². The zero-order valence-corrected chi connectivity index (χ0v) is 21.4. The highest BCUT2D eigenvalue weighted by Gasteiger charge is 2.38. The number of carboxylic acids is 2. The highest BCUT2D eigenvalue weighted by atomic mass is 19.4. The molecule has 0 radical (unpaired) electrons. The van der Waals surface area contributed by atoms with Gasteiger partial charge in [-0.2, -0.15) is 13.2 Å². The molecular weight excluding hydrogens is 530 g/mol. The molecule has 0 aliphatic carbocycles. The minimum Gasteiger partial charge on any atom is -0.493 e. The largest absolute Gasteiger partial charge is 0.493 e. The Morgan fingerprint density at radius 2 is 1.46 bits per heavy atom. The normalized spacial score (nSPS) is 11.8. The summed E-state index contributed by atoms with van der Waals surface area (Å²) in [5.74, 6) is -5.04. The molecular formula is C26H25F4NO8. The first-order valence-corrected chi connectivity index (χ1v) is 11.2. The Bertz CT molecular complexity index is 1390. The van der Waals surface area contributed by atoms with Gasteiger partial charge in [0, 0.05) is 11.6 Å². The second kappa shape index (κ2) is 12.4. The molecule has 1 atom stereocenters. The number of alkyl halides is 3. The quantitative estimate of drug-likeness (QED) is 0.283. The highest BCUT2D eigenvalue weighted by molar-refractivity contribution is 6.16. The van der Waals surface area contributed by atoms with Gasteiger partial charge in [0.25, 0.3) is 0 Å². The number of carbonyl (C=O) groups is 3. The lowest BCUT2D eigenvalue weighted by Crippen LogP contribution is -2.21. The smallest absolute Gasteiger partial charge is 0.490 e. The molecule has 0 bridgehead atoms. The molecule has 0 saturated carbocycles. The Labute approximate surface area is 219 Å². The molecule has 1 aromatic heterocycles. The van der Waals surface area contributed by atoms with E-state index in [2.05, 4.69) is 4.98 Å². The number of nitrogens with zero attached hydrogens (tertiary/aromatic N) is 1. The van der Waals surface area contributed by atoms with Crippen LogP contribution in [0.25, 0.3) is 10.8 Å². The topological polar surface area (TPSA) is 132 Å². The van der Waals surface area contributed by atoms with Gasteiger partial charge < -0.3 is 24.4 Å². The van der Waals surface area contributed by atoms with Gasteiger partial charge in [0.1, 0.15) is 17.3 Å². The summed E-state index contributed by atoms with van der Waals surface area (Å²) in [5, 5.41) is 17.4. The van der Waals surface area contributed by atoms with Gasteiger partial charge in [-0.15, -0.1) is 0 Å². The summed E-state index contributed by atoms with van der Waals surface area (Å²) < 4.78 is 62.6. The van der Waals surface area contributed by atoms with Crippen molar-refractivity contribution in [1.82, 2.24) is 4.98 Å². The number of aromatic nitrogens is 1. The van der Waals surface area contributed by atoms with E-state index >= 15 is 0 Å². The van der Waals surface area contributed by atoms with Crippen molar-refractivity contribution < 1.29 is 56.4 Å². The first kappa shape index (κ1) is 30.8. The molecule has 13 heteroatoms. The monoisotopic (exact) mass is 555 g/mol. The van der Waals surface area contributed by atoms with Crippen LogP contribution >= 0.6 is 0 Å². The molecule has 39 heavy (non-hydrogen) atoms. The standard InChI is InChI=1S/C24H24FNO6.C2HF3O2/c1-12(2)32-14-6-7-19(25)17(8-14)23(27)22-16-10-21(31-5)20(30-4)9-15(16)18(11-26-22)13(3)24(28)29;3-2(4,5)1(6)7/h6-13H,1-5H3,(H,28,29);(H,6,7). The molecule has 210 valence electrons. The summed E-state index contributed by atoms with van der Waals surface area (Å²) in [6, 6.07) is 7.08. The minimum absolute atomic E-state index is 0.0390. The van der Waals surface area contributed by atoms with Crippen LogP contribution in [0.4, 0.5) is 17.6 Å². The Kier molecular flexibility index (Phi) is 9.81. The number of fused-ring (bicyclic) bond motifs is 1. The molecule has 0 aliphatic heterocycles. The number of hydrogen-bond donors (Lipinski definition) is 2. The Morgan fingerprint density at radius 3 is 1.92 bits per heavy atom. The average molecular weight is 555 g/mol. The maximum Gasteiger partial charge on any atom is 0.490 e. The van der Waals surface area contributed by atoms with Crippen molar-refractivity contribution in [1.29, 1.82) is 0 Å². The van der Waals surface area contributed by atoms with E-state index in [1.807, 2.05) is 13.8 Å². The van der Waals surface area contributed by atoms with E-state index < -0.39 is 35.6 Å². The average Bonchev–Trinajstić information content (AvgIpc) is 2.86. The highest BCUT2D eigenvalue weighted by Crippen LogP contribution is 2.37. The number of halogens is 4. The van der Waals surface area contributed by atoms with E-state index in [1.165, 1.54) is 39.5 Å². The van der Waals surface area contributed by atoms with E-state index in [0.29, 0.717) is 33.6 Å². The van der Waals surface area contributed by atoms with E-state index in [1.54, 1.807) is 12.1 Å². The number of carboxylic acid groups (broad SMARTS) is 2. The lowest BCUT2D eigenvalue weighted by atomic mass is 9.93. The first-order chi connectivity index (χ1) is 18.1. The van der Waals surface area contributed by atoms with Crippen LogP contribution in [0.1, 0.15) is 48.3 Å². The van der Waals surface area contributed by atoms with Crippen molar-refractivity contribution in [2.75, 3.05) is 14.2 Å². The number of benzene rings is 2. The number of ether oxygens (including phenoxy) is 3. The first-order valence-electron chi connectivity index (χ1n) is 11.2. The van der Waals surface area contributed by atoms with Gasteiger partial charge in [-0.05, 0) is 62.1 Å². The fraction of sp³-hybridized carbons (Fsp3) is 0.308. The fourth-order valence-electron chi connectivity index (χ4n) is 3.40. The molecule has 2 aromatic carbocycles. The van der Waals surface area contributed by atoms with Crippen molar-refractivity contribution >= 4 is 28.5 Å². The third-order valence-electron chi connectivity index (χ3n) is 5.27. The van der Waals surface area contributed by atoms with Gasteiger partial charge in [0.15, 0.2) is 11.5 Å². The summed E-state index contributed by atoms with van der Waals surface area (Å²) in [6.45, 7) is 5.16. The molecule has 1 heterocycles. The SMILES string of the molecule is COc1cc2c(C(C)C(=O)O)cnc(C(=O)c3cc(OC(C)C)ccc3F)c2cc1OC.O=C(O)C(F)(F)F. The number of rotatable bonds is 8. The molecule has 3 rings (SSSR count). The van der Waals surface area contributed by atoms with Crippen molar-refractivity contribution in [3.63, 3.8) is 0 Å². The molecule has 3 aromatic rings. The van der Waals surface area contributed by atoms with Gasteiger partial charge in [-0.3, -0.25) is 14.6 Å². The number of methoxy groups -OCH3 is 2. The molecule has 2 N–H and O–H groups in total. The third-order valence-corrected chi connectivity index (χ3v) is 5.27. The molecule has 1 unspecified atom stereocenters. The van der Waals surface area contributed by atoms with Crippen LogP contribution in [-0.2, 0) is 9.59 Å². The van der Waals surface area contributed by atoms with Gasteiger partial charge >= 0.3 is 18.1 Å². The third kappa shape index (κ3) is 7.33. The van der Waals surface area contributed by atoms with Crippen molar-refractivity contribution in [2.24, 2.45) is 0 Å². The zero-order valence-electron chi connectivity index (χ0n) is 21.4. The second-order valence-corrected chi connectivity index (χ2v) is 8.32. The summed E-state index contributed by atoms with van der Waals surface area (Å²) in [4.78, 5) is 38.1. The lowest BCUT2D eigenvalue weighted by molar-refractivity contribution is -0.192. The van der Waals surface area contributed by atoms with Gasteiger partial charge in [-0.1, -0.05) is 0 Å². The van der Waals surface area contributed by atoms with Crippen LogP contribution in [0.3, 0.4) is 0 Å². The Morgan fingerprint density at radius 1 is 0.923 bits per heavy atom. The maximum atomic E-state index is 14.6. The predicted molar refractivity (Wildman–Crippen MR) is 130 cm³/mol. The number of aliphatic carboxylic acids is 2. The van der Waals surface area contributed by atoms with E-state index in [9.17, 15) is 32.3 Å². The van der Waals surface area contributed by atoms with Gasteiger partial charge in [0.05, 0.1) is 31.8 Å². The van der Waals surface area contributed by atoms with Crippen molar-refractivity contribution in [3.8, 4) is 17.2 Å². The van der Waals surface area contributed by atoms with Crippen molar-refractivity contribution in [2.45, 2.75) is 39.0 Å². The molecule has 0 saturated heterocycles. The zero-order chi connectivity index (χ0) is 29.7. The summed E-state index contributed by atoms with van der Waals surface area (Å²) in [7, 11) is 2.89. The summed E-state index contributed by atoms with van der Waals surface area (Å²) in [6.07, 6.45) is -3.91. The Hall–Kier alpha value is -4.42.